The summed E-state index contributed by atoms with van der Waals surface area (Å²) in [5, 5.41) is 29.9. The molecule has 0 fully saturated rings. The summed E-state index contributed by atoms with van der Waals surface area (Å²) in [6.45, 7) is 6.09. The number of nitrogens with one attached hydrogen (secondary N) is 1. The van der Waals surface area contributed by atoms with Gasteiger partial charge in [0.15, 0.2) is 5.57 Å². The third-order valence-electron chi connectivity index (χ3n) is 3.04. The van der Waals surface area contributed by atoms with Crippen molar-refractivity contribution in [1.82, 2.24) is 0 Å². The Bertz CT molecular complexity index is 622. The van der Waals surface area contributed by atoms with Crippen LogP contribution in [0, 0.1) is 40.9 Å². The van der Waals surface area contributed by atoms with E-state index in [0.717, 1.165) is 35.2 Å². The van der Waals surface area contributed by atoms with Crippen LogP contribution < -0.4 is 5.32 Å². The first kappa shape index (κ1) is 15.3. The summed E-state index contributed by atoms with van der Waals surface area (Å²) in [7, 11) is 0. The molecule has 1 N–H and O–H groups in total. The second kappa shape index (κ2) is 6.98. The van der Waals surface area contributed by atoms with Crippen LogP contribution in [0.2, 0.25) is 0 Å². The zero-order chi connectivity index (χ0) is 15.1. The van der Waals surface area contributed by atoms with E-state index in [0.29, 0.717) is 0 Å². The number of benzene rings is 1. The topological polar surface area (TPSA) is 83.4 Å². The summed E-state index contributed by atoms with van der Waals surface area (Å²) in [5.74, 6) is 0. The van der Waals surface area contributed by atoms with Crippen molar-refractivity contribution >= 4 is 5.69 Å². The minimum atomic E-state index is -0.197. The maximum Gasteiger partial charge on any atom is 0.163 e. The van der Waals surface area contributed by atoms with Gasteiger partial charge in [-0.3, -0.25) is 0 Å². The Kier molecular flexibility index (Phi) is 5.33. The van der Waals surface area contributed by atoms with Crippen LogP contribution in [0.25, 0.3) is 0 Å². The summed E-state index contributed by atoms with van der Waals surface area (Å²) in [6, 6.07) is 9.48. The fourth-order valence-electron chi connectivity index (χ4n) is 2.07. The van der Waals surface area contributed by atoms with Crippen molar-refractivity contribution in [3.8, 4) is 18.2 Å². The molecule has 1 rings (SSSR count). The SMILES string of the molecule is CCc1cc(C)cc(CC)c1NC(C#N)=C(C#N)C#N. The summed E-state index contributed by atoms with van der Waals surface area (Å²) < 4.78 is 0. The molecule has 0 aromatic heterocycles. The van der Waals surface area contributed by atoms with Crippen molar-refractivity contribution in [2.24, 2.45) is 0 Å². The van der Waals surface area contributed by atoms with Gasteiger partial charge in [0.1, 0.15) is 23.9 Å². The molecular weight excluding hydrogens is 248 g/mol. The van der Waals surface area contributed by atoms with Crippen LogP contribution in [0.1, 0.15) is 30.5 Å². The van der Waals surface area contributed by atoms with E-state index in [1.54, 1.807) is 12.1 Å². The third kappa shape index (κ3) is 3.16. The molecule has 4 nitrogen and oxygen atoms in total. The summed E-state index contributed by atoms with van der Waals surface area (Å²) in [5.41, 5.74) is 3.95. The Morgan fingerprint density at radius 2 is 1.50 bits per heavy atom. The predicted octanol–water partition coefficient (Wildman–Crippen LogP) is 3.36. The number of nitrogens with zero attached hydrogens (tertiary/aromatic N) is 3. The number of hydrogen-bond acceptors (Lipinski definition) is 4. The number of rotatable bonds is 4. The molecule has 0 aliphatic heterocycles. The summed E-state index contributed by atoms with van der Waals surface area (Å²) in [4.78, 5) is 0. The molecule has 0 unspecified atom stereocenters. The average molecular weight is 264 g/mol. The van der Waals surface area contributed by atoms with Crippen LogP contribution in [0.15, 0.2) is 23.4 Å². The Morgan fingerprint density at radius 1 is 1.00 bits per heavy atom. The quantitative estimate of drug-likeness (QED) is 0.845. The number of allylic oxidation sites excluding steroid dienone is 2. The van der Waals surface area contributed by atoms with Gasteiger partial charge in [-0.25, -0.2) is 0 Å². The van der Waals surface area contributed by atoms with Crippen LogP contribution in [-0.2, 0) is 12.8 Å². The summed E-state index contributed by atoms with van der Waals surface area (Å²) >= 11 is 0. The second-order valence-electron chi connectivity index (χ2n) is 4.38. The molecule has 0 bridgehead atoms. The molecule has 0 aliphatic rings. The van der Waals surface area contributed by atoms with Crippen molar-refractivity contribution in [1.29, 1.82) is 15.8 Å². The highest BCUT2D eigenvalue weighted by Gasteiger charge is 2.12. The molecule has 0 spiro atoms. The van der Waals surface area contributed by atoms with Gasteiger partial charge in [-0.2, -0.15) is 15.8 Å². The van der Waals surface area contributed by atoms with Gasteiger partial charge < -0.3 is 5.32 Å². The molecule has 0 saturated heterocycles. The van der Waals surface area contributed by atoms with Crippen LogP contribution in [0.4, 0.5) is 5.69 Å². The lowest BCUT2D eigenvalue weighted by Crippen LogP contribution is -2.06. The largest absolute Gasteiger partial charge is 0.345 e. The molecule has 4 heteroatoms. The third-order valence-corrected chi connectivity index (χ3v) is 3.04. The second-order valence-corrected chi connectivity index (χ2v) is 4.38. The van der Waals surface area contributed by atoms with Gasteiger partial charge in [0, 0.05) is 5.69 Å². The van der Waals surface area contributed by atoms with Crippen LogP contribution in [0.5, 0.6) is 0 Å². The lowest BCUT2D eigenvalue weighted by molar-refractivity contribution is 1.07. The summed E-state index contributed by atoms with van der Waals surface area (Å²) in [6.07, 6.45) is 1.62. The van der Waals surface area contributed by atoms with E-state index in [9.17, 15) is 0 Å². The van der Waals surface area contributed by atoms with Crippen LogP contribution >= 0.6 is 0 Å². The van der Waals surface area contributed by atoms with Crippen molar-refractivity contribution in [2.45, 2.75) is 33.6 Å². The molecule has 0 atom stereocenters. The molecule has 1 aromatic rings. The Hall–Kier alpha value is -2.77. The molecule has 0 amide bonds. The number of hydrogen-bond donors (Lipinski definition) is 1. The number of nitriles is 3. The molecule has 1 aromatic carbocycles. The van der Waals surface area contributed by atoms with Gasteiger partial charge >= 0.3 is 0 Å². The Labute approximate surface area is 119 Å². The Morgan fingerprint density at radius 3 is 1.85 bits per heavy atom. The smallest absolute Gasteiger partial charge is 0.163 e. The van der Waals surface area contributed by atoms with Crippen molar-refractivity contribution in [3.05, 3.63) is 40.1 Å². The van der Waals surface area contributed by atoms with Crippen LogP contribution in [-0.4, -0.2) is 0 Å². The number of aryl methyl sites for hydroxylation is 3. The molecule has 0 saturated carbocycles. The first-order chi connectivity index (χ1) is 9.60. The fraction of sp³-hybridized carbons (Fsp3) is 0.312. The maximum absolute atomic E-state index is 9.13. The van der Waals surface area contributed by atoms with E-state index >= 15 is 0 Å². The van der Waals surface area contributed by atoms with E-state index in [4.69, 9.17) is 15.8 Å². The monoisotopic (exact) mass is 264 g/mol. The van der Waals surface area contributed by atoms with Crippen molar-refractivity contribution < 1.29 is 0 Å². The van der Waals surface area contributed by atoms with E-state index < -0.39 is 0 Å². The maximum atomic E-state index is 9.13. The zero-order valence-corrected chi connectivity index (χ0v) is 11.9. The van der Waals surface area contributed by atoms with Gasteiger partial charge in [-0.05, 0) is 30.9 Å². The van der Waals surface area contributed by atoms with Gasteiger partial charge in [0.2, 0.25) is 0 Å². The van der Waals surface area contributed by atoms with Crippen molar-refractivity contribution in [2.75, 3.05) is 5.32 Å². The fourth-order valence-corrected chi connectivity index (χ4v) is 2.07. The normalized spacial score (nSPS) is 9.00. The predicted molar refractivity (Wildman–Crippen MR) is 77.4 cm³/mol. The van der Waals surface area contributed by atoms with Crippen LogP contribution in [0.3, 0.4) is 0 Å². The molecule has 0 heterocycles. The molecule has 20 heavy (non-hydrogen) atoms. The standard InChI is InChI=1S/C16H16N4/c1-4-12-6-11(3)7-13(5-2)16(12)20-15(10-19)14(8-17)9-18/h6-7,20H,4-5H2,1-3H3. The van der Waals surface area contributed by atoms with Gasteiger partial charge in [-0.15, -0.1) is 0 Å². The Balaban J connectivity index is 3.42. The van der Waals surface area contributed by atoms with Gasteiger partial charge in [0.25, 0.3) is 0 Å². The molecular formula is C16H16N4. The molecule has 100 valence electrons. The first-order valence-corrected chi connectivity index (χ1v) is 6.45. The van der Waals surface area contributed by atoms with E-state index in [2.05, 4.69) is 17.4 Å². The minimum Gasteiger partial charge on any atom is -0.345 e. The highest BCUT2D eigenvalue weighted by Crippen LogP contribution is 2.26. The van der Waals surface area contributed by atoms with E-state index in [1.807, 2.05) is 26.8 Å². The van der Waals surface area contributed by atoms with E-state index in [1.165, 1.54) is 0 Å². The van der Waals surface area contributed by atoms with Gasteiger partial charge in [-0.1, -0.05) is 31.5 Å². The van der Waals surface area contributed by atoms with Crippen molar-refractivity contribution in [3.63, 3.8) is 0 Å². The minimum absolute atomic E-state index is 0.00301. The number of anilines is 1. The first-order valence-electron chi connectivity index (χ1n) is 6.45. The molecule has 0 aliphatic carbocycles. The highest BCUT2D eigenvalue weighted by atomic mass is 14.9. The molecule has 0 radical (unpaired) electrons. The highest BCUT2D eigenvalue weighted by molar-refractivity contribution is 5.66. The average Bonchev–Trinajstić information content (AvgIpc) is 2.47. The lowest BCUT2D eigenvalue weighted by Gasteiger charge is -2.16. The van der Waals surface area contributed by atoms with E-state index in [-0.39, 0.29) is 11.3 Å². The van der Waals surface area contributed by atoms with Gasteiger partial charge in [0.05, 0.1) is 0 Å². The zero-order valence-electron chi connectivity index (χ0n) is 11.9. The lowest BCUT2D eigenvalue weighted by atomic mass is 9.99.